The first kappa shape index (κ1) is 9.75. The highest BCUT2D eigenvalue weighted by Crippen LogP contribution is 2.30. The summed E-state index contributed by atoms with van der Waals surface area (Å²) in [6.07, 6.45) is 0. The van der Waals surface area contributed by atoms with E-state index in [1.54, 1.807) is 25.1 Å². The van der Waals surface area contributed by atoms with Crippen LogP contribution >= 0.6 is 11.6 Å². The van der Waals surface area contributed by atoms with E-state index in [1.165, 1.54) is 0 Å². The summed E-state index contributed by atoms with van der Waals surface area (Å²) in [5.41, 5.74) is 1.98. The fourth-order valence-corrected chi connectivity index (χ4v) is 1.45. The minimum atomic E-state index is 0.491. The van der Waals surface area contributed by atoms with Crippen LogP contribution in [-0.2, 0) is 0 Å². The first-order valence-electron chi connectivity index (χ1n) is 4.34. The van der Waals surface area contributed by atoms with Gasteiger partial charge < -0.3 is 4.52 Å². The minimum absolute atomic E-state index is 0.491. The van der Waals surface area contributed by atoms with Crippen molar-refractivity contribution in [3.05, 3.63) is 40.5 Å². The first-order valence-corrected chi connectivity index (χ1v) is 4.72. The lowest BCUT2D eigenvalue weighted by Crippen LogP contribution is -1.78. The summed E-state index contributed by atoms with van der Waals surface area (Å²) in [6.45, 7) is 1.77. The Morgan fingerprint density at radius 3 is 2.87 bits per heavy atom. The number of rotatable bonds is 1. The fraction of sp³-hybridized carbons (Fsp3) is 0.0909. The van der Waals surface area contributed by atoms with Crippen molar-refractivity contribution in [1.29, 1.82) is 5.26 Å². The van der Waals surface area contributed by atoms with Crippen LogP contribution in [0.15, 0.2) is 28.8 Å². The van der Waals surface area contributed by atoms with Crippen molar-refractivity contribution in [3.63, 3.8) is 0 Å². The molecule has 1 aromatic heterocycles. The number of halogens is 1. The van der Waals surface area contributed by atoms with Gasteiger partial charge in [0.15, 0.2) is 5.76 Å². The fourth-order valence-electron chi connectivity index (χ4n) is 1.27. The molecule has 0 unspecified atom stereocenters. The summed E-state index contributed by atoms with van der Waals surface area (Å²) >= 11 is 6.00. The molecule has 1 heterocycles. The molecule has 0 aliphatic rings. The summed E-state index contributed by atoms with van der Waals surface area (Å²) in [7, 11) is 0. The third kappa shape index (κ3) is 1.72. The average Bonchev–Trinajstić information content (AvgIpc) is 2.60. The van der Waals surface area contributed by atoms with E-state index in [4.69, 9.17) is 21.4 Å². The molecule has 0 spiro atoms. The molecule has 0 amide bonds. The lowest BCUT2D eigenvalue weighted by atomic mass is 10.1. The van der Waals surface area contributed by atoms with Crippen LogP contribution in [-0.4, -0.2) is 5.16 Å². The summed E-state index contributed by atoms with van der Waals surface area (Å²) in [4.78, 5) is 0. The normalized spacial score (nSPS) is 9.93. The van der Waals surface area contributed by atoms with Crippen molar-refractivity contribution in [2.45, 2.75) is 6.92 Å². The zero-order valence-corrected chi connectivity index (χ0v) is 8.75. The predicted octanol–water partition coefficient (Wildman–Crippen LogP) is 3.18. The average molecular weight is 219 g/mol. The van der Waals surface area contributed by atoms with Gasteiger partial charge in [0.1, 0.15) is 5.02 Å². The third-order valence-corrected chi connectivity index (χ3v) is 2.49. The molecule has 0 N–H and O–H groups in total. The highest BCUT2D eigenvalue weighted by Gasteiger charge is 2.12. The monoisotopic (exact) mass is 218 g/mol. The summed E-state index contributed by atoms with van der Waals surface area (Å²) < 4.78 is 5.09. The maximum Gasteiger partial charge on any atom is 0.185 e. The van der Waals surface area contributed by atoms with Gasteiger partial charge in [-0.2, -0.15) is 5.26 Å². The maximum absolute atomic E-state index is 8.75. The molecule has 0 radical (unpaired) electrons. The molecule has 0 fully saturated rings. The van der Waals surface area contributed by atoms with Crippen molar-refractivity contribution in [3.8, 4) is 17.4 Å². The van der Waals surface area contributed by atoms with Gasteiger partial charge in [-0.25, -0.2) is 0 Å². The van der Waals surface area contributed by atoms with Crippen molar-refractivity contribution in [2.24, 2.45) is 0 Å². The molecular formula is C11H7ClN2O. The quantitative estimate of drug-likeness (QED) is 0.739. The Labute approximate surface area is 91.9 Å². The second-order valence-electron chi connectivity index (χ2n) is 3.10. The lowest BCUT2D eigenvalue weighted by Gasteiger charge is -1.96. The second-order valence-corrected chi connectivity index (χ2v) is 3.48. The predicted molar refractivity (Wildman–Crippen MR) is 56.4 cm³/mol. The van der Waals surface area contributed by atoms with Crippen molar-refractivity contribution < 1.29 is 4.52 Å². The van der Waals surface area contributed by atoms with E-state index in [1.807, 2.05) is 6.07 Å². The largest absolute Gasteiger partial charge is 0.354 e. The second kappa shape index (κ2) is 3.76. The minimum Gasteiger partial charge on any atom is -0.354 e. The summed E-state index contributed by atoms with van der Waals surface area (Å²) in [6, 6.07) is 9.10. The van der Waals surface area contributed by atoms with Gasteiger partial charge in [0.05, 0.1) is 17.3 Å². The molecule has 2 aromatic rings. The molecule has 0 atom stereocenters. The molecule has 2 rings (SSSR count). The van der Waals surface area contributed by atoms with Crippen LogP contribution in [0.2, 0.25) is 5.02 Å². The summed E-state index contributed by atoms with van der Waals surface area (Å²) in [5.74, 6) is 0.506. The van der Waals surface area contributed by atoms with Crippen LogP contribution in [0.5, 0.6) is 0 Å². The Bertz CT molecular complexity index is 540. The molecule has 0 saturated heterocycles. The summed E-state index contributed by atoms with van der Waals surface area (Å²) in [5, 5.41) is 13.0. The zero-order valence-electron chi connectivity index (χ0n) is 7.99. The molecule has 0 aliphatic carbocycles. The molecule has 1 aromatic carbocycles. The Morgan fingerprint density at radius 2 is 2.27 bits per heavy atom. The molecular weight excluding hydrogens is 212 g/mol. The molecule has 4 heteroatoms. The number of aromatic nitrogens is 1. The van der Waals surface area contributed by atoms with Gasteiger partial charge >= 0.3 is 0 Å². The molecule has 0 bridgehead atoms. The topological polar surface area (TPSA) is 49.8 Å². The van der Waals surface area contributed by atoms with Gasteiger partial charge in [0.25, 0.3) is 0 Å². The number of nitrogens with zero attached hydrogens (tertiary/aromatic N) is 2. The Morgan fingerprint density at radius 1 is 1.47 bits per heavy atom. The number of hydrogen-bond donors (Lipinski definition) is 0. The van der Waals surface area contributed by atoms with E-state index < -0.39 is 0 Å². The molecule has 15 heavy (non-hydrogen) atoms. The molecule has 0 aliphatic heterocycles. The van der Waals surface area contributed by atoms with Crippen LogP contribution < -0.4 is 0 Å². The first-order chi connectivity index (χ1) is 7.22. The van der Waals surface area contributed by atoms with Crippen LogP contribution in [0.25, 0.3) is 11.3 Å². The van der Waals surface area contributed by atoms with Gasteiger partial charge in [0, 0.05) is 5.56 Å². The zero-order chi connectivity index (χ0) is 10.8. The van der Waals surface area contributed by atoms with Crippen LogP contribution in [0.4, 0.5) is 0 Å². The van der Waals surface area contributed by atoms with E-state index in [-0.39, 0.29) is 0 Å². The SMILES string of the molecule is Cc1noc(-c2cccc(C#N)c2)c1Cl. The molecule has 74 valence electrons. The van der Waals surface area contributed by atoms with Gasteiger partial charge in [-0.15, -0.1) is 0 Å². The smallest absolute Gasteiger partial charge is 0.185 e. The third-order valence-electron chi connectivity index (χ3n) is 2.04. The maximum atomic E-state index is 8.75. The Kier molecular flexibility index (Phi) is 2.44. The van der Waals surface area contributed by atoms with E-state index in [0.717, 1.165) is 5.56 Å². The van der Waals surface area contributed by atoms with E-state index in [9.17, 15) is 0 Å². The van der Waals surface area contributed by atoms with Gasteiger partial charge in [-0.1, -0.05) is 28.9 Å². The number of hydrogen-bond acceptors (Lipinski definition) is 3. The van der Waals surface area contributed by atoms with Crippen LogP contribution in [0.3, 0.4) is 0 Å². The highest BCUT2D eigenvalue weighted by atomic mass is 35.5. The van der Waals surface area contributed by atoms with E-state index >= 15 is 0 Å². The molecule has 0 saturated carbocycles. The lowest BCUT2D eigenvalue weighted by molar-refractivity contribution is 0.427. The van der Waals surface area contributed by atoms with Crippen LogP contribution in [0, 0.1) is 18.3 Å². The number of aryl methyl sites for hydroxylation is 1. The highest BCUT2D eigenvalue weighted by molar-refractivity contribution is 6.33. The van der Waals surface area contributed by atoms with Gasteiger partial charge in [-0.3, -0.25) is 0 Å². The Hall–Kier alpha value is -1.79. The van der Waals surface area contributed by atoms with Crippen molar-refractivity contribution >= 4 is 11.6 Å². The number of benzene rings is 1. The Balaban J connectivity index is 2.55. The van der Waals surface area contributed by atoms with Gasteiger partial charge in [-0.05, 0) is 19.1 Å². The van der Waals surface area contributed by atoms with Crippen molar-refractivity contribution in [2.75, 3.05) is 0 Å². The molecule has 3 nitrogen and oxygen atoms in total. The standard InChI is InChI=1S/C11H7ClN2O/c1-7-10(12)11(15-14-7)9-4-2-3-8(5-9)6-13/h2-5H,1H3. The van der Waals surface area contributed by atoms with Crippen molar-refractivity contribution in [1.82, 2.24) is 5.16 Å². The van der Waals surface area contributed by atoms with E-state index in [0.29, 0.717) is 22.0 Å². The van der Waals surface area contributed by atoms with Crippen LogP contribution in [0.1, 0.15) is 11.3 Å². The van der Waals surface area contributed by atoms with Gasteiger partial charge in [0.2, 0.25) is 0 Å². The number of nitriles is 1. The van der Waals surface area contributed by atoms with E-state index in [2.05, 4.69) is 11.2 Å².